The topological polar surface area (TPSA) is 93.7 Å². The summed E-state index contributed by atoms with van der Waals surface area (Å²) in [4.78, 5) is 31.2. The number of ether oxygens (including phenoxy) is 2. The molecular weight excluding hydrogens is 457 g/mol. The summed E-state index contributed by atoms with van der Waals surface area (Å²) < 4.78 is 26.0. The lowest BCUT2D eigenvalue weighted by Crippen LogP contribution is -2.39. The van der Waals surface area contributed by atoms with E-state index in [0.29, 0.717) is 26.3 Å². The van der Waals surface area contributed by atoms with Crippen LogP contribution in [0.4, 0.5) is 4.39 Å². The SMILES string of the molecule is CCOC(=O)C1=C(C)N=c2s/c(=C\c3ccc(OCC#N)cc3)c(=O)n2[C@H]1c1ccc(F)cc1. The summed E-state index contributed by atoms with van der Waals surface area (Å²) in [6.45, 7) is 3.51. The largest absolute Gasteiger partial charge is 0.479 e. The molecule has 34 heavy (non-hydrogen) atoms. The fourth-order valence-electron chi connectivity index (χ4n) is 3.68. The minimum absolute atomic E-state index is 0.0521. The first-order valence-electron chi connectivity index (χ1n) is 10.5. The van der Waals surface area contributed by atoms with Crippen LogP contribution in [-0.4, -0.2) is 23.8 Å². The Hall–Kier alpha value is -4.03. The number of carbonyl (C=O) groups excluding carboxylic acids is 1. The molecule has 4 rings (SSSR count). The molecule has 0 saturated carbocycles. The molecule has 2 aromatic carbocycles. The molecule has 0 radical (unpaired) electrons. The second-order valence-corrected chi connectivity index (χ2v) is 8.38. The highest BCUT2D eigenvalue weighted by molar-refractivity contribution is 7.07. The Morgan fingerprint density at radius 1 is 1.24 bits per heavy atom. The van der Waals surface area contributed by atoms with Crippen molar-refractivity contribution in [3.05, 3.63) is 96.4 Å². The molecule has 0 spiro atoms. The van der Waals surface area contributed by atoms with Crippen molar-refractivity contribution in [3.8, 4) is 11.8 Å². The van der Waals surface area contributed by atoms with Gasteiger partial charge in [-0.2, -0.15) is 5.26 Å². The van der Waals surface area contributed by atoms with Gasteiger partial charge in [0.2, 0.25) is 0 Å². The zero-order chi connectivity index (χ0) is 24.2. The summed E-state index contributed by atoms with van der Waals surface area (Å²) in [5, 5.41) is 8.63. The van der Waals surface area contributed by atoms with Crippen LogP contribution < -0.4 is 19.6 Å². The third-order valence-corrected chi connectivity index (χ3v) is 6.17. The van der Waals surface area contributed by atoms with Gasteiger partial charge in [0.05, 0.1) is 28.5 Å². The van der Waals surface area contributed by atoms with Crippen LogP contribution in [0, 0.1) is 17.1 Å². The zero-order valence-corrected chi connectivity index (χ0v) is 19.3. The van der Waals surface area contributed by atoms with Crippen LogP contribution >= 0.6 is 11.3 Å². The fraction of sp³-hybridized carbons (Fsp3) is 0.200. The van der Waals surface area contributed by atoms with Gasteiger partial charge < -0.3 is 9.47 Å². The monoisotopic (exact) mass is 477 g/mol. The predicted octanol–water partition coefficient (Wildman–Crippen LogP) is 2.84. The average Bonchev–Trinajstić information content (AvgIpc) is 3.12. The van der Waals surface area contributed by atoms with Crippen molar-refractivity contribution < 1.29 is 18.7 Å². The summed E-state index contributed by atoms with van der Waals surface area (Å²) in [6, 6.07) is 13.8. The van der Waals surface area contributed by atoms with Crippen LogP contribution in [0.25, 0.3) is 6.08 Å². The molecule has 3 aromatic rings. The molecule has 0 N–H and O–H groups in total. The third kappa shape index (κ3) is 4.54. The maximum absolute atomic E-state index is 13.6. The summed E-state index contributed by atoms with van der Waals surface area (Å²) in [5.41, 5.74) is 1.70. The van der Waals surface area contributed by atoms with Crippen LogP contribution in [0.3, 0.4) is 0 Å². The van der Waals surface area contributed by atoms with Gasteiger partial charge in [-0.25, -0.2) is 14.2 Å². The van der Waals surface area contributed by atoms with Crippen molar-refractivity contribution in [3.63, 3.8) is 0 Å². The number of thiazole rings is 1. The quantitative estimate of drug-likeness (QED) is 0.509. The molecule has 0 saturated heterocycles. The smallest absolute Gasteiger partial charge is 0.338 e. The maximum atomic E-state index is 13.6. The van der Waals surface area contributed by atoms with Crippen LogP contribution in [0.1, 0.15) is 31.0 Å². The number of halogens is 1. The van der Waals surface area contributed by atoms with E-state index in [1.54, 1.807) is 56.3 Å². The van der Waals surface area contributed by atoms with E-state index in [4.69, 9.17) is 14.7 Å². The lowest BCUT2D eigenvalue weighted by molar-refractivity contribution is -0.139. The number of carbonyl (C=O) groups is 1. The number of hydrogen-bond donors (Lipinski definition) is 0. The minimum atomic E-state index is -0.792. The lowest BCUT2D eigenvalue weighted by Gasteiger charge is -2.24. The van der Waals surface area contributed by atoms with Gasteiger partial charge >= 0.3 is 5.97 Å². The number of aromatic nitrogens is 1. The van der Waals surface area contributed by atoms with Crippen molar-refractivity contribution in [2.24, 2.45) is 4.99 Å². The average molecular weight is 478 g/mol. The molecule has 0 amide bonds. The van der Waals surface area contributed by atoms with E-state index in [-0.39, 0.29) is 24.3 Å². The van der Waals surface area contributed by atoms with Gasteiger partial charge in [-0.05, 0) is 55.3 Å². The molecular formula is C25H20FN3O4S. The van der Waals surface area contributed by atoms with Gasteiger partial charge in [-0.15, -0.1) is 0 Å². The van der Waals surface area contributed by atoms with E-state index in [2.05, 4.69) is 4.99 Å². The normalized spacial score (nSPS) is 15.4. The van der Waals surface area contributed by atoms with Gasteiger partial charge in [0.25, 0.3) is 5.56 Å². The fourth-order valence-corrected chi connectivity index (χ4v) is 4.73. The number of rotatable bonds is 6. The van der Waals surface area contributed by atoms with E-state index < -0.39 is 17.8 Å². The highest BCUT2D eigenvalue weighted by Gasteiger charge is 2.33. The van der Waals surface area contributed by atoms with Crippen molar-refractivity contribution in [1.82, 2.24) is 4.57 Å². The number of nitriles is 1. The van der Waals surface area contributed by atoms with Gasteiger partial charge in [0.15, 0.2) is 11.4 Å². The van der Waals surface area contributed by atoms with Crippen LogP contribution in [0.5, 0.6) is 5.75 Å². The summed E-state index contributed by atoms with van der Waals surface area (Å²) >= 11 is 1.20. The van der Waals surface area contributed by atoms with Crippen LogP contribution in [0.15, 0.2) is 69.6 Å². The molecule has 1 aromatic heterocycles. The van der Waals surface area contributed by atoms with E-state index >= 15 is 0 Å². The van der Waals surface area contributed by atoms with Crippen LogP contribution in [0.2, 0.25) is 0 Å². The summed E-state index contributed by atoms with van der Waals surface area (Å²) in [5.74, 6) is -0.441. The predicted molar refractivity (Wildman–Crippen MR) is 124 cm³/mol. The first-order chi connectivity index (χ1) is 16.4. The van der Waals surface area contributed by atoms with Crippen molar-refractivity contribution in [1.29, 1.82) is 5.26 Å². The number of allylic oxidation sites excluding steroid dienone is 1. The van der Waals surface area contributed by atoms with Crippen molar-refractivity contribution in [2.45, 2.75) is 19.9 Å². The molecule has 9 heteroatoms. The maximum Gasteiger partial charge on any atom is 0.338 e. The molecule has 172 valence electrons. The Bertz CT molecular complexity index is 1480. The Kier molecular flexibility index (Phi) is 6.70. The first kappa shape index (κ1) is 23.1. The standard InChI is InChI=1S/C25H20FN3O4S/c1-3-32-24(31)21-15(2)28-25-29(22(21)17-6-8-18(26)9-7-17)23(30)20(34-25)14-16-4-10-19(11-5-16)33-13-12-27/h4-11,14,22H,3,13H2,1-2H3/b20-14-/t22-/m0/s1. The summed E-state index contributed by atoms with van der Waals surface area (Å²) in [6.07, 6.45) is 1.73. The van der Waals surface area contributed by atoms with Gasteiger partial charge in [-0.1, -0.05) is 35.6 Å². The molecule has 1 aliphatic rings. The van der Waals surface area contributed by atoms with E-state index in [1.165, 1.54) is 28.0 Å². The molecule has 2 heterocycles. The molecule has 0 unspecified atom stereocenters. The number of esters is 1. The lowest BCUT2D eigenvalue weighted by atomic mass is 9.96. The Morgan fingerprint density at radius 3 is 2.59 bits per heavy atom. The number of fused-ring (bicyclic) bond motifs is 1. The second-order valence-electron chi connectivity index (χ2n) is 7.37. The molecule has 1 atom stereocenters. The highest BCUT2D eigenvalue weighted by atomic mass is 32.1. The third-order valence-electron chi connectivity index (χ3n) is 5.18. The van der Waals surface area contributed by atoms with Gasteiger partial charge in [-0.3, -0.25) is 9.36 Å². The van der Waals surface area contributed by atoms with Gasteiger partial charge in [0.1, 0.15) is 17.6 Å². The first-order valence-corrected chi connectivity index (χ1v) is 11.3. The van der Waals surface area contributed by atoms with Crippen LogP contribution in [-0.2, 0) is 9.53 Å². The van der Waals surface area contributed by atoms with E-state index in [1.807, 2.05) is 6.07 Å². The van der Waals surface area contributed by atoms with Crippen molar-refractivity contribution >= 4 is 23.4 Å². The number of nitrogens with zero attached hydrogens (tertiary/aromatic N) is 3. The number of benzene rings is 2. The highest BCUT2D eigenvalue weighted by Crippen LogP contribution is 2.30. The molecule has 0 bridgehead atoms. The Balaban J connectivity index is 1.84. The van der Waals surface area contributed by atoms with Gasteiger partial charge in [0, 0.05) is 0 Å². The molecule has 1 aliphatic heterocycles. The molecule has 0 aliphatic carbocycles. The minimum Gasteiger partial charge on any atom is -0.479 e. The van der Waals surface area contributed by atoms with E-state index in [0.717, 1.165) is 5.56 Å². The number of hydrogen-bond acceptors (Lipinski definition) is 7. The Morgan fingerprint density at radius 2 is 1.94 bits per heavy atom. The molecule has 0 fully saturated rings. The molecule has 7 nitrogen and oxygen atoms in total. The second kappa shape index (κ2) is 9.85. The zero-order valence-electron chi connectivity index (χ0n) is 18.4. The Labute approximate surface area is 198 Å². The van der Waals surface area contributed by atoms with Crippen molar-refractivity contribution in [2.75, 3.05) is 13.2 Å². The van der Waals surface area contributed by atoms with E-state index in [9.17, 15) is 14.0 Å². The summed E-state index contributed by atoms with van der Waals surface area (Å²) in [7, 11) is 0.